The summed E-state index contributed by atoms with van der Waals surface area (Å²) in [4.78, 5) is 4.06. The molecule has 2 aliphatic rings. The molecule has 0 atom stereocenters. The van der Waals surface area contributed by atoms with Crippen molar-refractivity contribution in [1.82, 2.24) is 0 Å². The fraction of sp³-hybridized carbons (Fsp3) is 0.700. The van der Waals surface area contributed by atoms with Gasteiger partial charge in [-0.15, -0.1) is 5.60 Å². The zero-order valence-electron chi connectivity index (χ0n) is 10.7. The third kappa shape index (κ3) is 2.38. The molecule has 4 nitrogen and oxygen atoms in total. The Bertz CT molecular complexity index is 313. The van der Waals surface area contributed by atoms with Crippen LogP contribution in [0.5, 0.6) is 0 Å². The van der Waals surface area contributed by atoms with E-state index in [2.05, 4.69) is 10.3 Å². The maximum absolute atomic E-state index is 5.85. The Labute approximate surface area is 109 Å². The summed E-state index contributed by atoms with van der Waals surface area (Å²) in [7, 11) is -0.382. The van der Waals surface area contributed by atoms with Crippen molar-refractivity contribution in [3.05, 3.63) is 17.1 Å². The Morgan fingerprint density at radius 2 is 1.81 bits per heavy atom. The van der Waals surface area contributed by atoms with E-state index in [-0.39, 0.29) is 37.2 Å². The third-order valence-corrected chi connectivity index (χ3v) is 3.16. The van der Waals surface area contributed by atoms with Crippen LogP contribution in [0.1, 0.15) is 27.7 Å². The van der Waals surface area contributed by atoms with Gasteiger partial charge in [0.15, 0.2) is 0 Å². The van der Waals surface area contributed by atoms with E-state index in [0.29, 0.717) is 6.54 Å². The molecule has 0 radical (unpaired) electrons. The van der Waals surface area contributed by atoms with Gasteiger partial charge < -0.3 is 14.6 Å². The molecule has 2 heterocycles. The topological polar surface area (TPSA) is 44.9 Å². The molecule has 16 heavy (non-hydrogen) atoms. The zero-order valence-corrected chi connectivity index (χ0v) is 10.7. The summed E-state index contributed by atoms with van der Waals surface area (Å²) in [6.07, 6.45) is 3.46. The SMILES string of the molecule is CC1(C)OB(C2=CN=CC[N-]2)OC1(C)C.[Li+]. The Morgan fingerprint density at radius 3 is 2.25 bits per heavy atom. The van der Waals surface area contributed by atoms with Crippen LogP contribution in [0.4, 0.5) is 0 Å². The molecule has 0 aliphatic carbocycles. The van der Waals surface area contributed by atoms with Crippen LogP contribution >= 0.6 is 0 Å². The average Bonchev–Trinajstić information content (AvgIpc) is 2.38. The van der Waals surface area contributed by atoms with Crippen LogP contribution in [-0.2, 0) is 9.31 Å². The molecule has 6 heteroatoms. The van der Waals surface area contributed by atoms with E-state index in [9.17, 15) is 0 Å². The molecule has 0 aromatic carbocycles. The van der Waals surface area contributed by atoms with Crippen LogP contribution in [0, 0.1) is 0 Å². The van der Waals surface area contributed by atoms with E-state index >= 15 is 0 Å². The van der Waals surface area contributed by atoms with Crippen molar-refractivity contribution < 1.29 is 28.2 Å². The molecule has 0 spiro atoms. The van der Waals surface area contributed by atoms with E-state index in [4.69, 9.17) is 9.31 Å². The molecule has 82 valence electrons. The fourth-order valence-electron chi connectivity index (χ4n) is 1.46. The average molecular weight is 214 g/mol. The minimum Gasteiger partial charge on any atom is -0.686 e. The van der Waals surface area contributed by atoms with Gasteiger partial charge in [0.2, 0.25) is 0 Å². The fourth-order valence-corrected chi connectivity index (χ4v) is 1.46. The smallest absolute Gasteiger partial charge is 0.686 e. The van der Waals surface area contributed by atoms with Gasteiger partial charge in [0.1, 0.15) is 0 Å². The number of hydrogen-bond acceptors (Lipinski definition) is 3. The monoisotopic (exact) mass is 214 g/mol. The second-order valence-corrected chi connectivity index (χ2v) is 4.81. The van der Waals surface area contributed by atoms with E-state index in [1.165, 1.54) is 0 Å². The van der Waals surface area contributed by atoms with Crippen molar-refractivity contribution in [2.45, 2.75) is 38.9 Å². The van der Waals surface area contributed by atoms with Gasteiger partial charge >= 0.3 is 26.0 Å². The standard InChI is InChI=1S/C10H16BN2O2.Li/c1-9(2)10(3,4)15-11(14-9)8-7-12-5-6-13-8;/h5,7H,6H2,1-4H3;/q-1;+1. The van der Waals surface area contributed by atoms with Gasteiger partial charge in [-0.2, -0.15) is 0 Å². The number of nitrogens with zero attached hydrogens (tertiary/aromatic N) is 2. The van der Waals surface area contributed by atoms with Crippen molar-refractivity contribution in [2.24, 2.45) is 4.99 Å². The van der Waals surface area contributed by atoms with Crippen LogP contribution in [0.3, 0.4) is 0 Å². The molecule has 2 rings (SSSR count). The predicted octanol–water partition coefficient (Wildman–Crippen LogP) is -1.08. The van der Waals surface area contributed by atoms with Crippen LogP contribution in [0.15, 0.2) is 16.8 Å². The molecular formula is C10H16BLiN2O2. The van der Waals surface area contributed by atoms with Gasteiger partial charge in [0, 0.05) is 6.20 Å². The summed E-state index contributed by atoms with van der Waals surface area (Å²) >= 11 is 0. The van der Waals surface area contributed by atoms with Crippen molar-refractivity contribution in [3.63, 3.8) is 0 Å². The molecule has 0 N–H and O–H groups in total. The van der Waals surface area contributed by atoms with Crippen LogP contribution in [-0.4, -0.2) is 31.1 Å². The summed E-state index contributed by atoms with van der Waals surface area (Å²) in [5.74, 6) is 0. The van der Waals surface area contributed by atoms with Gasteiger partial charge in [0.05, 0.1) is 11.2 Å². The zero-order chi connectivity index (χ0) is 11.1. The second-order valence-electron chi connectivity index (χ2n) is 4.81. The van der Waals surface area contributed by atoms with Crippen molar-refractivity contribution in [1.29, 1.82) is 0 Å². The Balaban J connectivity index is 0.00000128. The van der Waals surface area contributed by atoms with Crippen LogP contribution < -0.4 is 18.9 Å². The third-order valence-electron chi connectivity index (χ3n) is 3.16. The van der Waals surface area contributed by atoms with Gasteiger partial charge in [-0.3, -0.25) is 4.99 Å². The molecule has 0 aromatic heterocycles. The van der Waals surface area contributed by atoms with Gasteiger partial charge in [0.25, 0.3) is 0 Å². The van der Waals surface area contributed by atoms with E-state index in [0.717, 1.165) is 5.60 Å². The Morgan fingerprint density at radius 1 is 1.25 bits per heavy atom. The molecule has 1 fully saturated rings. The molecule has 0 amide bonds. The Kier molecular flexibility index (Phi) is 3.96. The minimum absolute atomic E-state index is 0. The molecule has 1 saturated heterocycles. The van der Waals surface area contributed by atoms with Crippen molar-refractivity contribution in [3.8, 4) is 0 Å². The predicted molar refractivity (Wildman–Crippen MR) is 60.9 cm³/mol. The van der Waals surface area contributed by atoms with Gasteiger partial charge in [-0.1, -0.05) is 6.54 Å². The first kappa shape index (κ1) is 13.9. The summed E-state index contributed by atoms with van der Waals surface area (Å²) in [5.41, 5.74) is 0.154. The van der Waals surface area contributed by atoms with Crippen molar-refractivity contribution in [2.75, 3.05) is 6.54 Å². The largest absolute Gasteiger partial charge is 1.00 e. The van der Waals surface area contributed by atoms with Crippen molar-refractivity contribution >= 4 is 13.3 Å². The molecule has 0 bridgehead atoms. The van der Waals surface area contributed by atoms with E-state index < -0.39 is 0 Å². The normalized spacial score (nSPS) is 25.8. The summed E-state index contributed by atoms with van der Waals surface area (Å²) in [6.45, 7) is 8.72. The maximum Gasteiger partial charge on any atom is 1.00 e. The summed E-state index contributed by atoms with van der Waals surface area (Å²) in [6, 6.07) is 0. The summed E-state index contributed by atoms with van der Waals surface area (Å²) < 4.78 is 11.7. The molecule has 0 unspecified atom stereocenters. The van der Waals surface area contributed by atoms with Crippen LogP contribution in [0.25, 0.3) is 5.32 Å². The second kappa shape index (κ2) is 4.58. The van der Waals surface area contributed by atoms with E-state index in [1.807, 2.05) is 27.7 Å². The van der Waals surface area contributed by atoms with Gasteiger partial charge in [-0.05, 0) is 33.9 Å². The first-order valence-corrected chi connectivity index (χ1v) is 5.17. The Hall–Kier alpha value is -0.208. The number of hydrogen-bond donors (Lipinski definition) is 0. The molecular weight excluding hydrogens is 198 g/mol. The molecule has 0 saturated carbocycles. The maximum atomic E-state index is 5.85. The first-order valence-electron chi connectivity index (χ1n) is 5.17. The molecule has 2 aliphatic heterocycles. The first-order chi connectivity index (χ1) is 6.92. The molecule has 0 aromatic rings. The van der Waals surface area contributed by atoms with Gasteiger partial charge in [-0.25, -0.2) is 0 Å². The number of aliphatic imine (C=N–C) groups is 1. The quantitative estimate of drug-likeness (QED) is 0.521. The minimum atomic E-state index is -0.382. The number of rotatable bonds is 1. The van der Waals surface area contributed by atoms with Crippen LogP contribution in [0.2, 0.25) is 0 Å². The van der Waals surface area contributed by atoms with E-state index in [1.54, 1.807) is 12.4 Å². The summed E-state index contributed by atoms with van der Waals surface area (Å²) in [5, 5.41) is 4.30.